The fraction of sp³-hybridized carbons (Fsp3) is 0.300. The third kappa shape index (κ3) is 2.64. The van der Waals surface area contributed by atoms with Gasteiger partial charge in [0.2, 0.25) is 0 Å². The van der Waals surface area contributed by atoms with Crippen molar-refractivity contribution in [3.8, 4) is 17.6 Å². The molecule has 3 nitrogen and oxygen atoms in total. The molecule has 0 heterocycles. The number of nitriles is 1. The van der Waals surface area contributed by atoms with Crippen molar-refractivity contribution in [3.63, 3.8) is 0 Å². The van der Waals surface area contributed by atoms with Crippen molar-refractivity contribution in [2.45, 2.75) is 5.33 Å². The molecule has 0 radical (unpaired) electrons. The molecule has 0 saturated carbocycles. The Hall–Kier alpha value is -1.21. The van der Waals surface area contributed by atoms with Gasteiger partial charge < -0.3 is 9.47 Å². The fourth-order valence-corrected chi connectivity index (χ4v) is 1.48. The van der Waals surface area contributed by atoms with E-state index in [0.717, 1.165) is 11.3 Å². The Bertz CT molecular complexity index is 346. The lowest BCUT2D eigenvalue weighted by Crippen LogP contribution is -1.97. The Morgan fingerprint density at radius 3 is 2.86 bits per heavy atom. The summed E-state index contributed by atoms with van der Waals surface area (Å²) >= 11 is 3.34. The van der Waals surface area contributed by atoms with E-state index in [1.807, 2.05) is 18.2 Å². The Kier molecular flexibility index (Phi) is 4.27. The maximum Gasteiger partial charge on any atom is 0.174 e. The van der Waals surface area contributed by atoms with E-state index in [1.54, 1.807) is 13.2 Å². The van der Waals surface area contributed by atoms with Gasteiger partial charge in [-0.3, -0.25) is 0 Å². The van der Waals surface area contributed by atoms with Crippen molar-refractivity contribution in [2.75, 3.05) is 13.7 Å². The zero-order chi connectivity index (χ0) is 10.4. The highest BCUT2D eigenvalue weighted by atomic mass is 79.9. The molecule has 0 bridgehead atoms. The first-order valence-corrected chi connectivity index (χ1v) is 5.16. The largest absolute Gasteiger partial charge is 0.497 e. The van der Waals surface area contributed by atoms with Gasteiger partial charge in [0, 0.05) is 17.0 Å². The van der Waals surface area contributed by atoms with Crippen LogP contribution in [-0.4, -0.2) is 13.7 Å². The smallest absolute Gasteiger partial charge is 0.174 e. The summed E-state index contributed by atoms with van der Waals surface area (Å²) < 4.78 is 10.3. The third-order valence-corrected chi connectivity index (χ3v) is 2.31. The van der Waals surface area contributed by atoms with Crippen molar-refractivity contribution < 1.29 is 9.47 Å². The van der Waals surface area contributed by atoms with Gasteiger partial charge >= 0.3 is 0 Å². The van der Waals surface area contributed by atoms with Crippen molar-refractivity contribution in [1.29, 1.82) is 5.26 Å². The molecule has 0 spiro atoms. The SMILES string of the molecule is COc1ccc(CBr)c(OCC#N)c1. The van der Waals surface area contributed by atoms with Gasteiger partial charge in [-0.25, -0.2) is 0 Å². The molecule has 0 aliphatic rings. The van der Waals surface area contributed by atoms with Gasteiger partial charge in [0.1, 0.15) is 17.6 Å². The summed E-state index contributed by atoms with van der Waals surface area (Å²) in [5.74, 6) is 1.41. The monoisotopic (exact) mass is 255 g/mol. The normalized spacial score (nSPS) is 9.21. The lowest BCUT2D eigenvalue weighted by atomic mass is 10.2. The van der Waals surface area contributed by atoms with E-state index in [2.05, 4.69) is 15.9 Å². The number of ether oxygens (including phenoxy) is 2. The second kappa shape index (κ2) is 5.51. The first kappa shape index (κ1) is 10.9. The second-order valence-corrected chi connectivity index (χ2v) is 3.11. The number of alkyl halides is 1. The summed E-state index contributed by atoms with van der Waals surface area (Å²) in [6, 6.07) is 7.46. The van der Waals surface area contributed by atoms with Crippen molar-refractivity contribution in [2.24, 2.45) is 0 Å². The van der Waals surface area contributed by atoms with Crippen LogP contribution in [0.5, 0.6) is 11.5 Å². The zero-order valence-electron chi connectivity index (χ0n) is 7.79. The molecule has 0 saturated heterocycles. The Balaban J connectivity index is 2.91. The maximum absolute atomic E-state index is 8.40. The molecule has 0 N–H and O–H groups in total. The summed E-state index contributed by atoms with van der Waals surface area (Å²) in [5.41, 5.74) is 1.00. The van der Waals surface area contributed by atoms with E-state index >= 15 is 0 Å². The molecule has 14 heavy (non-hydrogen) atoms. The van der Waals surface area contributed by atoms with Crippen LogP contribution in [-0.2, 0) is 5.33 Å². The maximum atomic E-state index is 8.40. The van der Waals surface area contributed by atoms with Crippen molar-refractivity contribution in [1.82, 2.24) is 0 Å². The van der Waals surface area contributed by atoms with E-state index in [1.165, 1.54) is 0 Å². The molecule has 0 fully saturated rings. The van der Waals surface area contributed by atoms with E-state index in [9.17, 15) is 0 Å². The molecule has 1 rings (SSSR count). The number of nitrogens with zero attached hydrogens (tertiary/aromatic N) is 1. The highest BCUT2D eigenvalue weighted by Crippen LogP contribution is 2.26. The molecular weight excluding hydrogens is 246 g/mol. The molecule has 0 aliphatic heterocycles. The Morgan fingerprint density at radius 2 is 2.29 bits per heavy atom. The molecule has 0 aliphatic carbocycles. The highest BCUT2D eigenvalue weighted by molar-refractivity contribution is 9.08. The Morgan fingerprint density at radius 1 is 1.50 bits per heavy atom. The molecule has 0 unspecified atom stereocenters. The van der Waals surface area contributed by atoms with E-state index in [-0.39, 0.29) is 6.61 Å². The number of hydrogen-bond acceptors (Lipinski definition) is 3. The van der Waals surface area contributed by atoms with Crippen LogP contribution in [0.3, 0.4) is 0 Å². The van der Waals surface area contributed by atoms with Crippen LogP contribution in [0.2, 0.25) is 0 Å². The van der Waals surface area contributed by atoms with Crippen molar-refractivity contribution in [3.05, 3.63) is 23.8 Å². The number of halogens is 1. The first-order chi connectivity index (χ1) is 6.81. The van der Waals surface area contributed by atoms with Gasteiger partial charge in [0.25, 0.3) is 0 Å². The quantitative estimate of drug-likeness (QED) is 0.777. The van der Waals surface area contributed by atoms with Crippen molar-refractivity contribution >= 4 is 15.9 Å². The predicted octanol–water partition coefficient (Wildman–Crippen LogP) is 2.49. The molecule has 0 aromatic heterocycles. The molecule has 0 amide bonds. The summed E-state index contributed by atoms with van der Waals surface area (Å²) in [5, 5.41) is 9.09. The molecule has 1 aromatic rings. The number of methoxy groups -OCH3 is 1. The zero-order valence-corrected chi connectivity index (χ0v) is 9.37. The minimum atomic E-state index is 0.0488. The number of hydrogen-bond donors (Lipinski definition) is 0. The number of benzene rings is 1. The average Bonchev–Trinajstić information content (AvgIpc) is 2.25. The lowest BCUT2D eigenvalue weighted by molar-refractivity contribution is 0.358. The third-order valence-electron chi connectivity index (χ3n) is 1.71. The van der Waals surface area contributed by atoms with Gasteiger partial charge in [-0.2, -0.15) is 5.26 Å². The summed E-state index contributed by atoms with van der Waals surface area (Å²) in [6.07, 6.45) is 0. The second-order valence-electron chi connectivity index (χ2n) is 2.55. The summed E-state index contributed by atoms with van der Waals surface area (Å²) in [6.45, 7) is 0.0488. The van der Waals surface area contributed by atoms with Crippen LogP contribution in [0, 0.1) is 11.3 Å². The fourth-order valence-electron chi connectivity index (χ4n) is 1.02. The molecule has 0 atom stereocenters. The lowest BCUT2D eigenvalue weighted by Gasteiger charge is -2.08. The topological polar surface area (TPSA) is 42.2 Å². The van der Waals surface area contributed by atoms with E-state index in [0.29, 0.717) is 11.1 Å². The van der Waals surface area contributed by atoms with Crippen LogP contribution < -0.4 is 9.47 Å². The number of rotatable bonds is 4. The first-order valence-electron chi connectivity index (χ1n) is 4.04. The van der Waals surface area contributed by atoms with Gasteiger partial charge in [0.15, 0.2) is 6.61 Å². The highest BCUT2D eigenvalue weighted by Gasteiger charge is 2.04. The van der Waals surface area contributed by atoms with Gasteiger partial charge in [-0.05, 0) is 6.07 Å². The molecule has 1 aromatic carbocycles. The minimum absolute atomic E-state index is 0.0488. The average molecular weight is 256 g/mol. The summed E-state index contributed by atoms with van der Waals surface area (Å²) in [7, 11) is 1.59. The minimum Gasteiger partial charge on any atom is -0.497 e. The molecule has 4 heteroatoms. The van der Waals surface area contributed by atoms with Crippen LogP contribution in [0.4, 0.5) is 0 Å². The molecular formula is C10H10BrNO2. The van der Waals surface area contributed by atoms with E-state index in [4.69, 9.17) is 14.7 Å². The van der Waals surface area contributed by atoms with Gasteiger partial charge in [0.05, 0.1) is 7.11 Å². The summed E-state index contributed by atoms with van der Waals surface area (Å²) in [4.78, 5) is 0. The molecule has 74 valence electrons. The Labute approximate surface area is 91.4 Å². The van der Waals surface area contributed by atoms with Crippen LogP contribution in [0.15, 0.2) is 18.2 Å². The predicted molar refractivity (Wildman–Crippen MR) is 56.7 cm³/mol. The van der Waals surface area contributed by atoms with Gasteiger partial charge in [-0.1, -0.05) is 22.0 Å². The van der Waals surface area contributed by atoms with Crippen LogP contribution in [0.1, 0.15) is 5.56 Å². The van der Waals surface area contributed by atoms with Gasteiger partial charge in [-0.15, -0.1) is 0 Å². The van der Waals surface area contributed by atoms with Crippen LogP contribution >= 0.6 is 15.9 Å². The van der Waals surface area contributed by atoms with Crippen LogP contribution in [0.25, 0.3) is 0 Å². The van der Waals surface area contributed by atoms with E-state index < -0.39 is 0 Å². The standard InChI is InChI=1S/C10H10BrNO2/c1-13-9-3-2-8(7-11)10(6-9)14-5-4-12/h2-3,6H,5,7H2,1H3.